The van der Waals surface area contributed by atoms with E-state index >= 15 is 0 Å². The van der Waals surface area contributed by atoms with Gasteiger partial charge in [0.05, 0.1) is 62.7 Å². The van der Waals surface area contributed by atoms with Crippen LogP contribution in [-0.4, -0.2) is 166 Å². The molecule has 0 N–H and O–H groups in total. The summed E-state index contributed by atoms with van der Waals surface area (Å²) in [5, 5.41) is 0. The van der Waals surface area contributed by atoms with Crippen LogP contribution in [-0.2, 0) is 75.9 Å². The van der Waals surface area contributed by atoms with E-state index in [9.17, 15) is 9.59 Å². The maximum atomic E-state index is 14.1. The summed E-state index contributed by atoms with van der Waals surface area (Å²) in [5.41, 5.74) is 0. The Morgan fingerprint density at radius 1 is 0.450 bits per heavy atom. The highest BCUT2D eigenvalue weighted by Gasteiger charge is 2.52. The SMILES string of the molecule is COC1CO[C@@H](O[C@H]2CC3C[C@@H]([C@@H]4C[C@H]4C)OC(=O)C[C@@H]4OC(C[C@H](O[C@@H]5OC[C@@H](OC)C(OC)C5OC)[C@H]4C)C[C@@H]([C@@H]4C[C@H]4C)OC(=O)C[C@H](O3)[C@@H]2C)C(OC)C1OC. The summed E-state index contributed by atoms with van der Waals surface area (Å²) in [7, 11) is 9.70. The lowest BCUT2D eigenvalue weighted by Gasteiger charge is -2.46. The van der Waals surface area contributed by atoms with Crippen LogP contribution in [0, 0.1) is 35.5 Å². The molecule has 2 saturated carbocycles. The number of hydrogen-bond donors (Lipinski definition) is 0. The Kier molecular flexibility index (Phi) is 15.9. The van der Waals surface area contributed by atoms with Gasteiger partial charge in [0.25, 0.3) is 0 Å². The fraction of sp³-hybridized carbons (Fsp3) is 0.955. The van der Waals surface area contributed by atoms with Crippen molar-refractivity contribution in [3.63, 3.8) is 0 Å². The van der Waals surface area contributed by atoms with Crippen molar-refractivity contribution >= 4 is 11.9 Å². The van der Waals surface area contributed by atoms with Gasteiger partial charge in [0, 0.05) is 80.2 Å². The highest BCUT2D eigenvalue weighted by atomic mass is 16.7. The Labute approximate surface area is 355 Å². The first-order chi connectivity index (χ1) is 28.9. The van der Waals surface area contributed by atoms with Crippen LogP contribution < -0.4 is 0 Å². The first kappa shape index (κ1) is 46.5. The lowest BCUT2D eigenvalue weighted by Crippen LogP contribution is -2.58. The Balaban J connectivity index is 1.13. The topological polar surface area (TPSA) is 163 Å². The van der Waals surface area contributed by atoms with Crippen LogP contribution in [0.3, 0.4) is 0 Å². The van der Waals surface area contributed by atoms with Crippen LogP contribution in [0.4, 0.5) is 0 Å². The molecule has 2 aliphatic carbocycles. The molecule has 0 aromatic rings. The van der Waals surface area contributed by atoms with E-state index in [2.05, 4.69) is 13.8 Å². The minimum Gasteiger partial charge on any atom is -0.462 e. The lowest BCUT2D eigenvalue weighted by atomic mass is 9.85. The zero-order valence-corrected chi connectivity index (χ0v) is 37.3. The third-order valence-corrected chi connectivity index (χ3v) is 14.7. The van der Waals surface area contributed by atoms with Crippen molar-refractivity contribution in [3.05, 3.63) is 0 Å². The van der Waals surface area contributed by atoms with Gasteiger partial charge in [0.15, 0.2) is 12.6 Å². The average Bonchev–Trinajstić information content (AvgIpc) is 4.16. The van der Waals surface area contributed by atoms with Gasteiger partial charge in [-0.25, -0.2) is 0 Å². The molecular weight excluding hydrogens is 784 g/mol. The largest absolute Gasteiger partial charge is 0.462 e. The van der Waals surface area contributed by atoms with Crippen LogP contribution >= 0.6 is 0 Å². The van der Waals surface area contributed by atoms with E-state index in [1.165, 1.54) is 0 Å². The van der Waals surface area contributed by atoms with Crippen LogP contribution in [0.1, 0.15) is 79.1 Å². The van der Waals surface area contributed by atoms with Gasteiger partial charge in [-0.1, -0.05) is 27.7 Å². The molecular formula is C44H72O16. The van der Waals surface area contributed by atoms with E-state index in [1.54, 1.807) is 42.7 Å². The van der Waals surface area contributed by atoms with Crippen molar-refractivity contribution in [2.75, 3.05) is 55.9 Å². The number of methoxy groups -OCH3 is 6. The minimum absolute atomic E-state index is 0.0442. The normalized spacial score (nSPS) is 49.1. The lowest BCUT2D eigenvalue weighted by molar-refractivity contribution is -0.309. The highest BCUT2D eigenvalue weighted by molar-refractivity contribution is 5.71. The average molecular weight is 857 g/mol. The molecule has 0 aromatic heterocycles. The molecule has 5 heterocycles. The van der Waals surface area contributed by atoms with Crippen LogP contribution in [0.2, 0.25) is 0 Å². The number of ether oxygens (including phenoxy) is 14. The van der Waals surface area contributed by atoms with Crippen molar-refractivity contribution in [1.29, 1.82) is 0 Å². The predicted octanol–water partition coefficient (Wildman–Crippen LogP) is 3.86. The van der Waals surface area contributed by atoms with Crippen LogP contribution in [0.25, 0.3) is 0 Å². The first-order valence-electron chi connectivity index (χ1n) is 22.3. The van der Waals surface area contributed by atoms with Gasteiger partial charge in [0.1, 0.15) is 48.8 Å². The van der Waals surface area contributed by atoms with Gasteiger partial charge in [-0.3, -0.25) is 9.59 Å². The highest BCUT2D eigenvalue weighted by Crippen LogP contribution is 2.47. The van der Waals surface area contributed by atoms with E-state index < -0.39 is 49.2 Å². The first-order valence-corrected chi connectivity index (χ1v) is 22.3. The molecule has 7 aliphatic rings. The molecule has 16 heteroatoms. The standard InChI is InChI=1S/C44H72O16/c1-21-11-27(21)33-15-25-13-29(59-43-41(51-9)39(49-7)35(47-5)19-53-43)23(3)32(55-25)18-38(46)58-34(28-12-22(28)2)16-26-14-30(24(4)31(56-26)17-37(45)57-33)60-44-42(52-10)40(50-8)36(48-6)20-54-44/h21-36,39-44H,11-20H2,1-10H3/t21-,22-,23-,24-,25?,26?,27-,28-,29+,30+,31+,32+,33+,34+,35-,36?,39?,40?,41?,42?,43+,44+/m1/s1. The molecule has 5 aliphatic heterocycles. The summed E-state index contributed by atoms with van der Waals surface area (Å²) < 4.78 is 86.9. The van der Waals surface area contributed by atoms with Gasteiger partial charge in [-0.15, -0.1) is 0 Å². The summed E-state index contributed by atoms with van der Waals surface area (Å²) in [6, 6.07) is 0. The van der Waals surface area contributed by atoms with Gasteiger partial charge in [0.2, 0.25) is 0 Å². The second-order valence-electron chi connectivity index (χ2n) is 18.6. The van der Waals surface area contributed by atoms with E-state index in [0.717, 1.165) is 12.8 Å². The Bertz CT molecular complexity index is 1300. The van der Waals surface area contributed by atoms with E-state index in [4.69, 9.17) is 66.3 Å². The third kappa shape index (κ3) is 10.5. The molecule has 16 nitrogen and oxygen atoms in total. The number of carbonyl (C=O) groups excluding carboxylic acids is 2. The summed E-state index contributed by atoms with van der Waals surface area (Å²) in [4.78, 5) is 28.2. The van der Waals surface area contributed by atoms with Crippen LogP contribution in [0.15, 0.2) is 0 Å². The maximum Gasteiger partial charge on any atom is 0.308 e. The second-order valence-corrected chi connectivity index (χ2v) is 18.6. The van der Waals surface area contributed by atoms with E-state index in [-0.39, 0.29) is 110 Å². The number of cyclic esters (lactones) is 2. The zero-order valence-electron chi connectivity index (χ0n) is 37.3. The molecule has 5 saturated heterocycles. The molecule has 7 unspecified atom stereocenters. The molecule has 7 fully saturated rings. The van der Waals surface area contributed by atoms with Crippen molar-refractivity contribution < 1.29 is 75.9 Å². The fourth-order valence-electron chi connectivity index (χ4n) is 10.6. The molecule has 4 bridgehead atoms. The molecule has 60 heavy (non-hydrogen) atoms. The number of carbonyl (C=O) groups is 2. The third-order valence-electron chi connectivity index (χ3n) is 14.7. The Morgan fingerprint density at radius 3 is 1.13 bits per heavy atom. The van der Waals surface area contributed by atoms with Crippen molar-refractivity contribution in [2.45, 2.75) is 177 Å². The minimum atomic E-state index is -0.733. The number of hydrogen-bond acceptors (Lipinski definition) is 16. The second kappa shape index (κ2) is 20.5. The zero-order chi connectivity index (χ0) is 42.8. The monoisotopic (exact) mass is 856 g/mol. The molecule has 0 aromatic carbocycles. The molecule has 344 valence electrons. The van der Waals surface area contributed by atoms with Crippen molar-refractivity contribution in [1.82, 2.24) is 0 Å². The Morgan fingerprint density at radius 2 is 0.817 bits per heavy atom. The molecule has 0 amide bonds. The van der Waals surface area contributed by atoms with Gasteiger partial charge in [-0.05, 0) is 36.5 Å². The number of fused-ring (bicyclic) bond motifs is 4. The number of rotatable bonds is 12. The Hall–Kier alpha value is -1.54. The van der Waals surface area contributed by atoms with Crippen LogP contribution in [0.5, 0.6) is 0 Å². The summed E-state index contributed by atoms with van der Waals surface area (Å²) >= 11 is 0. The molecule has 7 rings (SSSR count). The van der Waals surface area contributed by atoms with Gasteiger partial charge in [-0.2, -0.15) is 0 Å². The maximum absolute atomic E-state index is 14.1. The van der Waals surface area contributed by atoms with Gasteiger partial charge < -0.3 is 66.3 Å². The quantitative estimate of drug-likeness (QED) is 0.260. The van der Waals surface area contributed by atoms with E-state index in [1.807, 2.05) is 13.8 Å². The fourth-order valence-corrected chi connectivity index (χ4v) is 10.6. The molecule has 0 radical (unpaired) electrons. The summed E-state index contributed by atoms with van der Waals surface area (Å²) in [5.74, 6) is 0.143. The van der Waals surface area contributed by atoms with Crippen molar-refractivity contribution in [2.24, 2.45) is 35.5 Å². The molecule has 0 spiro atoms. The molecule has 22 atom stereocenters. The van der Waals surface area contributed by atoms with Crippen molar-refractivity contribution in [3.8, 4) is 0 Å². The predicted molar refractivity (Wildman–Crippen MR) is 212 cm³/mol. The summed E-state index contributed by atoms with van der Waals surface area (Å²) in [6.07, 6.45) is -3.31. The number of esters is 2. The summed E-state index contributed by atoms with van der Waals surface area (Å²) in [6.45, 7) is 8.99. The van der Waals surface area contributed by atoms with E-state index in [0.29, 0.717) is 37.5 Å². The smallest absolute Gasteiger partial charge is 0.308 e. The van der Waals surface area contributed by atoms with Gasteiger partial charge >= 0.3 is 11.9 Å².